The summed E-state index contributed by atoms with van der Waals surface area (Å²) >= 11 is 0. The number of morpholine rings is 1. The van der Waals surface area contributed by atoms with E-state index in [0.717, 1.165) is 58.2 Å². The van der Waals surface area contributed by atoms with Gasteiger partial charge in [0, 0.05) is 38.4 Å². The zero-order valence-corrected chi connectivity index (χ0v) is 14.3. The second kappa shape index (κ2) is 7.25. The van der Waals surface area contributed by atoms with Crippen LogP contribution in [0.2, 0.25) is 0 Å². The molecule has 1 fully saturated rings. The maximum atomic E-state index is 6.38. The van der Waals surface area contributed by atoms with E-state index in [1.54, 1.807) is 6.33 Å². The molecule has 0 bridgehead atoms. The van der Waals surface area contributed by atoms with Crippen LogP contribution in [0.5, 0.6) is 0 Å². The number of nitrogens with zero attached hydrogens (tertiary/aromatic N) is 4. The summed E-state index contributed by atoms with van der Waals surface area (Å²) < 4.78 is 5.38. The van der Waals surface area contributed by atoms with Crippen molar-refractivity contribution in [3.05, 3.63) is 36.2 Å². The summed E-state index contributed by atoms with van der Waals surface area (Å²) in [7, 11) is 0. The van der Waals surface area contributed by atoms with Crippen LogP contribution in [0.1, 0.15) is 5.56 Å². The fourth-order valence-electron chi connectivity index (χ4n) is 3.46. The van der Waals surface area contributed by atoms with Crippen LogP contribution in [0, 0.1) is 0 Å². The third-order valence-corrected chi connectivity index (χ3v) is 4.83. The maximum absolute atomic E-state index is 6.38. The Morgan fingerprint density at radius 3 is 2.84 bits per heavy atom. The molecule has 2 aliphatic heterocycles. The van der Waals surface area contributed by atoms with Gasteiger partial charge in [-0.25, -0.2) is 9.97 Å². The van der Waals surface area contributed by atoms with Gasteiger partial charge < -0.3 is 20.7 Å². The molecule has 0 radical (unpaired) electrons. The van der Waals surface area contributed by atoms with Gasteiger partial charge >= 0.3 is 0 Å². The number of nitrogen functional groups attached to an aromatic ring is 1. The minimum atomic E-state index is 0.612. The average Bonchev–Trinajstić information content (AvgIpc) is 3.08. The lowest BCUT2D eigenvalue weighted by molar-refractivity contribution is 0.0398. The Bertz CT molecular complexity index is 731. The number of hydrogen-bond donors (Lipinski definition) is 2. The number of nitrogens with one attached hydrogen (secondary N) is 1. The third kappa shape index (κ3) is 3.38. The van der Waals surface area contributed by atoms with E-state index in [-0.39, 0.29) is 0 Å². The summed E-state index contributed by atoms with van der Waals surface area (Å²) in [6.07, 6.45) is 2.60. The van der Waals surface area contributed by atoms with Gasteiger partial charge in [-0.3, -0.25) is 4.90 Å². The Kier molecular flexibility index (Phi) is 4.67. The van der Waals surface area contributed by atoms with Crippen molar-refractivity contribution < 1.29 is 4.74 Å². The zero-order valence-electron chi connectivity index (χ0n) is 14.3. The number of aromatic nitrogens is 2. The van der Waals surface area contributed by atoms with Crippen molar-refractivity contribution in [1.29, 1.82) is 0 Å². The number of benzene rings is 1. The highest BCUT2D eigenvalue weighted by molar-refractivity contribution is 5.81. The standard InChI is InChI=1S/C18H24N6O/c19-16-17(20-6-8-23-9-11-25-12-10-23)21-13-22-18(16)24-7-5-14-3-1-2-4-15(14)24/h1-4,13H,5-12,19H2,(H,20,21,22). The number of ether oxygens (including phenoxy) is 1. The van der Waals surface area contributed by atoms with E-state index in [1.165, 1.54) is 11.3 Å². The van der Waals surface area contributed by atoms with E-state index in [2.05, 4.69) is 49.4 Å². The summed E-state index contributed by atoms with van der Waals surface area (Å²) in [4.78, 5) is 13.3. The van der Waals surface area contributed by atoms with Crippen LogP contribution in [0.4, 0.5) is 23.0 Å². The van der Waals surface area contributed by atoms with Gasteiger partial charge in [-0.1, -0.05) is 18.2 Å². The minimum absolute atomic E-state index is 0.612. The molecule has 7 nitrogen and oxygen atoms in total. The third-order valence-electron chi connectivity index (χ3n) is 4.83. The van der Waals surface area contributed by atoms with Crippen LogP contribution < -0.4 is 16.0 Å². The largest absolute Gasteiger partial charge is 0.393 e. The summed E-state index contributed by atoms with van der Waals surface area (Å²) in [6.45, 7) is 6.25. The molecule has 0 atom stereocenters. The predicted molar refractivity (Wildman–Crippen MR) is 99.3 cm³/mol. The highest BCUT2D eigenvalue weighted by Crippen LogP contribution is 2.37. The van der Waals surface area contributed by atoms with Crippen molar-refractivity contribution in [2.75, 3.05) is 61.9 Å². The van der Waals surface area contributed by atoms with Crippen molar-refractivity contribution in [1.82, 2.24) is 14.9 Å². The lowest BCUT2D eigenvalue weighted by Crippen LogP contribution is -2.39. The first-order valence-electron chi connectivity index (χ1n) is 8.83. The number of hydrogen-bond acceptors (Lipinski definition) is 7. The van der Waals surface area contributed by atoms with Gasteiger partial charge in [-0.15, -0.1) is 0 Å². The fourth-order valence-corrected chi connectivity index (χ4v) is 3.46. The van der Waals surface area contributed by atoms with Crippen LogP contribution >= 0.6 is 0 Å². The van der Waals surface area contributed by atoms with Crippen molar-refractivity contribution in [3.8, 4) is 0 Å². The molecule has 2 aromatic rings. The first-order valence-corrected chi connectivity index (χ1v) is 8.83. The molecule has 0 unspecified atom stereocenters. The van der Waals surface area contributed by atoms with Crippen LogP contribution in [0.15, 0.2) is 30.6 Å². The van der Waals surface area contributed by atoms with E-state index in [9.17, 15) is 0 Å². The Hall–Kier alpha value is -2.38. The number of nitrogens with two attached hydrogens (primary N) is 1. The molecule has 0 amide bonds. The highest BCUT2D eigenvalue weighted by atomic mass is 16.5. The molecular weight excluding hydrogens is 316 g/mol. The molecule has 2 aliphatic rings. The second-order valence-corrected chi connectivity index (χ2v) is 6.37. The van der Waals surface area contributed by atoms with Crippen molar-refractivity contribution in [2.24, 2.45) is 0 Å². The monoisotopic (exact) mass is 340 g/mol. The van der Waals surface area contributed by atoms with Gasteiger partial charge in [0.1, 0.15) is 12.0 Å². The Morgan fingerprint density at radius 1 is 1.12 bits per heavy atom. The first kappa shape index (κ1) is 16.1. The number of rotatable bonds is 5. The minimum Gasteiger partial charge on any atom is -0.393 e. The smallest absolute Gasteiger partial charge is 0.161 e. The zero-order chi connectivity index (χ0) is 17.1. The van der Waals surface area contributed by atoms with E-state index in [0.29, 0.717) is 11.5 Å². The number of fused-ring (bicyclic) bond motifs is 1. The van der Waals surface area contributed by atoms with Gasteiger partial charge in [0.05, 0.1) is 13.2 Å². The first-order chi connectivity index (χ1) is 12.3. The van der Waals surface area contributed by atoms with E-state index in [1.807, 2.05) is 0 Å². The van der Waals surface area contributed by atoms with Crippen molar-refractivity contribution in [3.63, 3.8) is 0 Å². The Labute approximate surface area is 147 Å². The Morgan fingerprint density at radius 2 is 1.96 bits per heavy atom. The number of para-hydroxylation sites is 1. The molecule has 3 heterocycles. The van der Waals surface area contributed by atoms with Crippen LogP contribution in [-0.4, -0.2) is 60.8 Å². The van der Waals surface area contributed by atoms with Crippen LogP contribution in [0.3, 0.4) is 0 Å². The molecule has 25 heavy (non-hydrogen) atoms. The molecule has 3 N–H and O–H groups in total. The fraction of sp³-hybridized carbons (Fsp3) is 0.444. The highest BCUT2D eigenvalue weighted by Gasteiger charge is 2.23. The Balaban J connectivity index is 1.45. The van der Waals surface area contributed by atoms with Gasteiger partial charge in [0.15, 0.2) is 11.6 Å². The van der Waals surface area contributed by atoms with Gasteiger partial charge in [-0.05, 0) is 18.1 Å². The number of anilines is 4. The van der Waals surface area contributed by atoms with Crippen molar-refractivity contribution >= 4 is 23.0 Å². The summed E-state index contributed by atoms with van der Waals surface area (Å²) in [5.74, 6) is 1.50. The molecule has 0 saturated carbocycles. The molecule has 0 aliphatic carbocycles. The molecule has 1 saturated heterocycles. The normalized spacial score (nSPS) is 17.5. The quantitative estimate of drug-likeness (QED) is 0.854. The average molecular weight is 340 g/mol. The van der Waals surface area contributed by atoms with Crippen LogP contribution in [-0.2, 0) is 11.2 Å². The summed E-state index contributed by atoms with van der Waals surface area (Å²) in [6, 6.07) is 8.41. The summed E-state index contributed by atoms with van der Waals surface area (Å²) in [5, 5.41) is 3.36. The van der Waals surface area contributed by atoms with Gasteiger partial charge in [-0.2, -0.15) is 0 Å². The van der Waals surface area contributed by atoms with E-state index < -0.39 is 0 Å². The topological polar surface area (TPSA) is 79.5 Å². The second-order valence-electron chi connectivity index (χ2n) is 6.37. The molecule has 0 spiro atoms. The predicted octanol–water partition coefficient (Wildman–Crippen LogP) is 1.50. The molecular formula is C18H24N6O. The SMILES string of the molecule is Nc1c(NCCN2CCOCC2)ncnc1N1CCc2ccccc21. The molecule has 1 aromatic heterocycles. The van der Waals surface area contributed by atoms with Crippen molar-refractivity contribution in [2.45, 2.75) is 6.42 Å². The summed E-state index contributed by atoms with van der Waals surface area (Å²) in [5.41, 5.74) is 9.51. The van der Waals surface area contributed by atoms with Gasteiger partial charge in [0.25, 0.3) is 0 Å². The molecule has 4 rings (SSSR count). The van der Waals surface area contributed by atoms with E-state index in [4.69, 9.17) is 10.5 Å². The maximum Gasteiger partial charge on any atom is 0.161 e. The molecule has 1 aromatic carbocycles. The van der Waals surface area contributed by atoms with Gasteiger partial charge in [0.2, 0.25) is 0 Å². The molecule has 7 heteroatoms. The van der Waals surface area contributed by atoms with Crippen LogP contribution in [0.25, 0.3) is 0 Å². The molecule has 132 valence electrons. The van der Waals surface area contributed by atoms with E-state index >= 15 is 0 Å². The lowest BCUT2D eigenvalue weighted by Gasteiger charge is -2.26. The lowest BCUT2D eigenvalue weighted by atomic mass is 10.2.